The summed E-state index contributed by atoms with van der Waals surface area (Å²) in [5, 5.41) is -5.56. The normalized spacial score (nSPS) is 15.5. The van der Waals surface area contributed by atoms with E-state index >= 15 is 0 Å². The fourth-order valence-corrected chi connectivity index (χ4v) is 8.79. The number of alkyl halides is 4. The number of benzene rings is 2. The molecule has 2 rings (SSSR count). The third-order valence-corrected chi connectivity index (χ3v) is 11.7. The number of rotatable bonds is 10. The van der Waals surface area contributed by atoms with Gasteiger partial charge in [0.25, 0.3) is 20.1 Å². The summed E-state index contributed by atoms with van der Waals surface area (Å²) in [6.07, 6.45) is 0. The first-order chi connectivity index (χ1) is 16.1. The van der Waals surface area contributed by atoms with Gasteiger partial charge in [0.2, 0.25) is 10.0 Å². The van der Waals surface area contributed by atoms with Gasteiger partial charge >= 0.3 is 11.8 Å². The minimum atomic E-state index is -5.79. The largest absolute Gasteiger partial charge is 0.328 e. The lowest BCUT2D eigenvalue weighted by Gasteiger charge is -2.34. The maximum absolute atomic E-state index is 14.9. The molecule has 18 heteroatoms. The van der Waals surface area contributed by atoms with E-state index in [9.17, 15) is 47.4 Å². The molecule has 0 aromatic heterocycles. The Balaban J connectivity index is 2.40. The van der Waals surface area contributed by atoms with E-state index in [0.717, 1.165) is 16.3 Å². The van der Waals surface area contributed by atoms with Crippen molar-refractivity contribution in [1.29, 1.82) is 0 Å². The highest BCUT2D eigenvalue weighted by molar-refractivity contribution is 8.05. The molecule has 0 fully saturated rings. The lowest BCUT2D eigenvalue weighted by Crippen LogP contribution is -2.58. The number of thioether (sulfide) groups is 1. The molecule has 36 heavy (non-hydrogen) atoms. The fourth-order valence-electron chi connectivity index (χ4n) is 2.73. The molecule has 0 saturated heterocycles. The van der Waals surface area contributed by atoms with Gasteiger partial charge in [0.1, 0.15) is 15.0 Å². The molecule has 0 aliphatic rings. The molecule has 0 bridgehead atoms. The fraction of sp³-hybridized carbons (Fsp3) is 0.333. The molecule has 0 saturated carbocycles. The third kappa shape index (κ3) is 6.46. The highest BCUT2D eigenvalue weighted by Gasteiger charge is 2.66. The maximum atomic E-state index is 14.9. The average Bonchev–Trinajstić information content (AvgIpc) is 2.73. The molecule has 0 amide bonds. The van der Waals surface area contributed by atoms with Crippen molar-refractivity contribution in [1.82, 2.24) is 4.13 Å². The summed E-state index contributed by atoms with van der Waals surface area (Å²) in [4.78, 5) is -2.62. The molecule has 2 unspecified atom stereocenters. The smallest absolute Gasteiger partial charge is 0.282 e. The number of hydrogen-bond donors (Lipinski definition) is 2. The molecular formula is C18H17Cl2F4NO7S4. The van der Waals surface area contributed by atoms with Crippen LogP contribution in [0.25, 0.3) is 0 Å². The monoisotopic (exact) mass is 633 g/mol. The van der Waals surface area contributed by atoms with Crippen molar-refractivity contribution in [3.63, 3.8) is 0 Å². The zero-order chi connectivity index (χ0) is 27.9. The van der Waals surface area contributed by atoms with E-state index in [0.29, 0.717) is 19.1 Å². The number of halogens is 6. The molecule has 202 valence electrons. The number of sulfonamides is 2. The number of hydrogen-bond acceptors (Lipinski definition) is 7. The van der Waals surface area contributed by atoms with Crippen molar-refractivity contribution >= 4 is 65.1 Å². The van der Waals surface area contributed by atoms with Crippen LogP contribution in [0.1, 0.15) is 13.8 Å². The summed E-state index contributed by atoms with van der Waals surface area (Å²) < 4.78 is 142. The van der Waals surface area contributed by atoms with E-state index in [4.69, 9.17) is 23.2 Å². The van der Waals surface area contributed by atoms with Crippen LogP contribution in [0.15, 0.2) is 57.2 Å². The lowest BCUT2D eigenvalue weighted by atomic mass is 10.1. The minimum Gasteiger partial charge on any atom is -0.282 e. The Morgan fingerprint density at radius 1 is 0.889 bits per heavy atom. The van der Waals surface area contributed by atoms with Crippen LogP contribution >= 0.6 is 35.0 Å². The molecule has 2 aromatic rings. The zero-order valence-electron chi connectivity index (χ0n) is 18.0. The standard InChI is InChI=1S/C18H17Cl2F4NO7S4/c1-10(33-14-8-7-12(19)9-13(14)20)17(21,22)18(23,24)11(2)34(26,27)25-35(28,29)15-5-3-4-6-16(15)36(30,31)32/h3-11,25H,1-2H3,(H,30,31,32). The van der Waals surface area contributed by atoms with Crippen LogP contribution in [-0.4, -0.2) is 52.2 Å². The molecule has 0 heterocycles. The predicted octanol–water partition coefficient (Wildman–Crippen LogP) is 4.69. The van der Waals surface area contributed by atoms with Gasteiger partial charge in [-0.2, -0.15) is 26.0 Å². The van der Waals surface area contributed by atoms with Gasteiger partial charge in [0.05, 0.1) is 10.3 Å². The van der Waals surface area contributed by atoms with Crippen LogP contribution in [0.5, 0.6) is 0 Å². The van der Waals surface area contributed by atoms with Crippen molar-refractivity contribution in [3.05, 3.63) is 52.5 Å². The Kier molecular flexibility index (Phi) is 9.11. The van der Waals surface area contributed by atoms with Gasteiger partial charge in [-0.25, -0.2) is 16.8 Å². The Labute approximate surface area is 219 Å². The highest BCUT2D eigenvalue weighted by Crippen LogP contribution is 2.48. The predicted molar refractivity (Wildman–Crippen MR) is 127 cm³/mol. The first-order valence-electron chi connectivity index (χ1n) is 9.36. The molecule has 0 aliphatic heterocycles. The quantitative estimate of drug-likeness (QED) is 0.219. The van der Waals surface area contributed by atoms with Gasteiger partial charge in [-0.1, -0.05) is 35.3 Å². The van der Waals surface area contributed by atoms with Crippen LogP contribution in [0.3, 0.4) is 0 Å². The summed E-state index contributed by atoms with van der Waals surface area (Å²) in [7, 11) is -16.4. The second-order valence-electron chi connectivity index (χ2n) is 7.28. The molecular weight excluding hydrogens is 617 g/mol. The average molecular weight is 635 g/mol. The molecule has 0 spiro atoms. The molecule has 2 N–H and O–H groups in total. The van der Waals surface area contributed by atoms with E-state index in [2.05, 4.69) is 0 Å². The summed E-state index contributed by atoms with van der Waals surface area (Å²) in [5.41, 5.74) is 0. The van der Waals surface area contributed by atoms with Gasteiger partial charge in [-0.05, 0) is 44.2 Å². The van der Waals surface area contributed by atoms with Gasteiger partial charge in [0, 0.05) is 9.92 Å². The van der Waals surface area contributed by atoms with E-state index in [1.54, 1.807) is 0 Å². The van der Waals surface area contributed by atoms with Crippen LogP contribution in [0.2, 0.25) is 10.0 Å². The first kappa shape index (κ1) is 31.1. The van der Waals surface area contributed by atoms with Gasteiger partial charge in [0.15, 0.2) is 0 Å². The SMILES string of the molecule is CC(Sc1ccc(Cl)cc1Cl)C(F)(F)C(F)(F)C(C)S(=O)(=O)NS(=O)(=O)c1ccccc1S(=O)(=O)O. The van der Waals surface area contributed by atoms with Gasteiger partial charge < -0.3 is 0 Å². The molecule has 0 aliphatic carbocycles. The van der Waals surface area contributed by atoms with Crippen molar-refractivity contribution in [2.75, 3.05) is 0 Å². The van der Waals surface area contributed by atoms with E-state index in [1.807, 2.05) is 0 Å². The maximum Gasteiger partial charge on any atom is 0.328 e. The Morgan fingerprint density at radius 3 is 1.92 bits per heavy atom. The second-order valence-corrected chi connectivity index (χ2v) is 14.8. The Morgan fingerprint density at radius 2 is 1.42 bits per heavy atom. The van der Waals surface area contributed by atoms with Gasteiger partial charge in [-0.3, -0.25) is 4.55 Å². The Hall–Kier alpha value is -1.14. The van der Waals surface area contributed by atoms with Crippen LogP contribution in [0, 0.1) is 0 Å². The topological polar surface area (TPSA) is 135 Å². The zero-order valence-corrected chi connectivity index (χ0v) is 22.8. The van der Waals surface area contributed by atoms with E-state index in [-0.39, 0.29) is 33.6 Å². The molecule has 2 aromatic carbocycles. The summed E-state index contributed by atoms with van der Waals surface area (Å²) in [5.74, 6) is -10.4. The van der Waals surface area contributed by atoms with Crippen LogP contribution in [-0.2, 0) is 30.2 Å². The molecule has 8 nitrogen and oxygen atoms in total. The van der Waals surface area contributed by atoms with Crippen LogP contribution < -0.4 is 4.13 Å². The highest BCUT2D eigenvalue weighted by atomic mass is 35.5. The van der Waals surface area contributed by atoms with Gasteiger partial charge in [-0.15, -0.1) is 15.9 Å². The summed E-state index contributed by atoms with van der Waals surface area (Å²) in [6.45, 7) is 0.850. The Bertz CT molecular complexity index is 1470. The van der Waals surface area contributed by atoms with Crippen molar-refractivity contribution in [2.45, 2.75) is 50.9 Å². The number of nitrogens with one attached hydrogen (secondary N) is 1. The van der Waals surface area contributed by atoms with E-state index < -0.39 is 62.3 Å². The van der Waals surface area contributed by atoms with Crippen LogP contribution in [0.4, 0.5) is 17.6 Å². The third-order valence-electron chi connectivity index (χ3n) is 4.77. The van der Waals surface area contributed by atoms with E-state index in [1.165, 1.54) is 18.2 Å². The molecule has 2 atom stereocenters. The van der Waals surface area contributed by atoms with Crippen molar-refractivity contribution in [3.8, 4) is 0 Å². The first-order valence-corrected chi connectivity index (χ1v) is 15.5. The molecule has 0 radical (unpaired) electrons. The second kappa shape index (κ2) is 10.6. The lowest BCUT2D eigenvalue weighted by molar-refractivity contribution is -0.204. The minimum absolute atomic E-state index is 0.0536. The summed E-state index contributed by atoms with van der Waals surface area (Å²) in [6, 6.07) is 6.74. The summed E-state index contributed by atoms with van der Waals surface area (Å²) >= 11 is 11.8. The van der Waals surface area contributed by atoms with Crippen molar-refractivity contribution < 1.29 is 47.4 Å². The van der Waals surface area contributed by atoms with Crippen molar-refractivity contribution in [2.24, 2.45) is 0 Å².